The van der Waals surface area contributed by atoms with E-state index in [1.165, 1.54) is 0 Å². The van der Waals surface area contributed by atoms with E-state index in [1.807, 2.05) is 11.2 Å². The highest BCUT2D eigenvalue weighted by molar-refractivity contribution is 7.98. The van der Waals surface area contributed by atoms with Crippen molar-refractivity contribution in [3.63, 3.8) is 0 Å². The molecule has 1 N–H and O–H groups in total. The van der Waals surface area contributed by atoms with Crippen LogP contribution in [0.15, 0.2) is 0 Å². The van der Waals surface area contributed by atoms with Gasteiger partial charge in [-0.05, 0) is 25.5 Å². The fraction of sp³-hybridized carbons (Fsp3) is 0.923. The monoisotopic (exact) mass is 272 g/mol. The van der Waals surface area contributed by atoms with Gasteiger partial charge in [-0.15, -0.1) is 0 Å². The summed E-state index contributed by atoms with van der Waals surface area (Å²) in [5, 5.41) is 9.91. The molecule has 0 aromatic rings. The minimum Gasteiger partial charge on any atom is -0.391 e. The first-order chi connectivity index (χ1) is 8.72. The van der Waals surface area contributed by atoms with Crippen LogP contribution in [0.25, 0.3) is 0 Å². The summed E-state index contributed by atoms with van der Waals surface area (Å²) < 4.78 is 0. The third kappa shape index (κ3) is 3.39. The van der Waals surface area contributed by atoms with Crippen LogP contribution in [0, 0.1) is 0 Å². The lowest BCUT2D eigenvalue weighted by Gasteiger charge is -2.39. The van der Waals surface area contributed by atoms with Gasteiger partial charge >= 0.3 is 0 Å². The van der Waals surface area contributed by atoms with E-state index < -0.39 is 0 Å². The van der Waals surface area contributed by atoms with E-state index in [1.54, 1.807) is 11.8 Å². The van der Waals surface area contributed by atoms with Crippen molar-refractivity contribution in [3.05, 3.63) is 0 Å². The molecule has 2 aliphatic rings. The maximum absolute atomic E-state index is 11.9. The number of carbonyl (C=O) groups excluding carboxylic acids is 1. The fourth-order valence-corrected chi connectivity index (χ4v) is 3.38. The summed E-state index contributed by atoms with van der Waals surface area (Å²) in [4.78, 5) is 16.2. The molecule has 18 heavy (non-hydrogen) atoms. The number of aliphatic hydroxyl groups is 1. The van der Waals surface area contributed by atoms with Crippen molar-refractivity contribution in [2.45, 2.75) is 37.8 Å². The number of aliphatic hydroxyl groups excluding tert-OH is 1. The Bertz CT molecular complexity index is 280. The number of rotatable bonds is 4. The van der Waals surface area contributed by atoms with Crippen LogP contribution in [0.5, 0.6) is 0 Å². The van der Waals surface area contributed by atoms with Crippen molar-refractivity contribution in [1.82, 2.24) is 9.80 Å². The molecule has 2 fully saturated rings. The van der Waals surface area contributed by atoms with E-state index in [0.717, 1.165) is 51.2 Å². The Kier molecular flexibility index (Phi) is 5.33. The molecule has 5 heteroatoms. The zero-order chi connectivity index (χ0) is 13.0. The summed E-state index contributed by atoms with van der Waals surface area (Å²) in [5.74, 6) is 1.20. The third-order valence-electron chi connectivity index (χ3n) is 4.10. The smallest absolute Gasteiger partial charge is 0.223 e. The molecule has 1 saturated carbocycles. The molecule has 4 nitrogen and oxygen atoms in total. The Morgan fingerprint density at radius 3 is 2.56 bits per heavy atom. The van der Waals surface area contributed by atoms with Gasteiger partial charge in [-0.2, -0.15) is 11.8 Å². The van der Waals surface area contributed by atoms with Crippen molar-refractivity contribution in [3.8, 4) is 0 Å². The van der Waals surface area contributed by atoms with Crippen molar-refractivity contribution >= 4 is 17.7 Å². The van der Waals surface area contributed by atoms with Crippen LogP contribution in [0.1, 0.15) is 25.7 Å². The molecule has 0 aromatic carbocycles. The molecule has 2 atom stereocenters. The van der Waals surface area contributed by atoms with Crippen molar-refractivity contribution in [2.75, 3.05) is 38.2 Å². The van der Waals surface area contributed by atoms with E-state index in [2.05, 4.69) is 4.90 Å². The number of thioether (sulfide) groups is 1. The highest BCUT2D eigenvalue weighted by atomic mass is 32.2. The predicted molar refractivity (Wildman–Crippen MR) is 74.8 cm³/mol. The SMILES string of the molecule is CSCCC(=O)N1CCN(C2CCCC2O)CC1. The second-order valence-corrected chi connectivity index (χ2v) is 6.21. The molecule has 0 bridgehead atoms. The van der Waals surface area contributed by atoms with Crippen LogP contribution in [-0.4, -0.2) is 71.1 Å². The predicted octanol–water partition coefficient (Wildman–Crippen LogP) is 0.797. The second-order valence-electron chi connectivity index (χ2n) is 5.23. The van der Waals surface area contributed by atoms with E-state index in [9.17, 15) is 9.90 Å². The van der Waals surface area contributed by atoms with Crippen LogP contribution in [-0.2, 0) is 4.79 Å². The summed E-state index contributed by atoms with van der Waals surface area (Å²) in [5.41, 5.74) is 0. The van der Waals surface area contributed by atoms with Gasteiger partial charge in [-0.3, -0.25) is 9.69 Å². The fourth-order valence-electron chi connectivity index (χ4n) is 3.00. The molecule has 0 aromatic heterocycles. The van der Waals surface area contributed by atoms with Gasteiger partial charge in [0.1, 0.15) is 0 Å². The number of amides is 1. The Balaban J connectivity index is 1.75. The summed E-state index contributed by atoms with van der Waals surface area (Å²) in [6, 6.07) is 0.341. The lowest BCUT2D eigenvalue weighted by atomic mass is 10.1. The molecule has 1 heterocycles. The molecule has 1 amide bonds. The molecule has 1 saturated heterocycles. The van der Waals surface area contributed by atoms with Crippen LogP contribution in [0.3, 0.4) is 0 Å². The topological polar surface area (TPSA) is 43.8 Å². The van der Waals surface area contributed by atoms with E-state index in [4.69, 9.17) is 0 Å². The maximum Gasteiger partial charge on any atom is 0.223 e. The van der Waals surface area contributed by atoms with Gasteiger partial charge in [0.2, 0.25) is 5.91 Å². The minimum absolute atomic E-state index is 0.149. The molecule has 2 rings (SSSR count). The van der Waals surface area contributed by atoms with E-state index in [-0.39, 0.29) is 12.0 Å². The lowest BCUT2D eigenvalue weighted by molar-refractivity contribution is -0.133. The molecule has 1 aliphatic carbocycles. The van der Waals surface area contributed by atoms with Crippen molar-refractivity contribution in [2.24, 2.45) is 0 Å². The van der Waals surface area contributed by atoms with Crippen LogP contribution >= 0.6 is 11.8 Å². The standard InChI is InChI=1S/C13H24N2O2S/c1-18-10-5-13(17)15-8-6-14(7-9-15)11-3-2-4-12(11)16/h11-12,16H,2-10H2,1H3. The van der Waals surface area contributed by atoms with E-state index >= 15 is 0 Å². The zero-order valence-corrected chi connectivity index (χ0v) is 12.0. The highest BCUT2D eigenvalue weighted by Gasteiger charge is 2.33. The van der Waals surface area contributed by atoms with Gasteiger partial charge in [0.15, 0.2) is 0 Å². The number of hydrogen-bond donors (Lipinski definition) is 1. The first-order valence-corrected chi connectivity index (χ1v) is 8.30. The quantitative estimate of drug-likeness (QED) is 0.822. The van der Waals surface area contributed by atoms with Crippen LogP contribution in [0.2, 0.25) is 0 Å². The summed E-state index contributed by atoms with van der Waals surface area (Å²) in [7, 11) is 0. The largest absolute Gasteiger partial charge is 0.391 e. The summed E-state index contributed by atoms with van der Waals surface area (Å²) >= 11 is 1.72. The number of carbonyl (C=O) groups is 1. The molecule has 0 spiro atoms. The Hall–Kier alpha value is -0.260. The molecular weight excluding hydrogens is 248 g/mol. The average Bonchev–Trinajstić information content (AvgIpc) is 2.82. The average molecular weight is 272 g/mol. The van der Waals surface area contributed by atoms with Crippen molar-refractivity contribution < 1.29 is 9.90 Å². The second kappa shape index (κ2) is 6.78. The number of nitrogens with zero attached hydrogens (tertiary/aromatic N) is 2. The van der Waals surface area contributed by atoms with Gasteiger partial charge in [0.05, 0.1) is 6.10 Å². The summed E-state index contributed by atoms with van der Waals surface area (Å²) in [6.07, 6.45) is 5.74. The molecule has 0 radical (unpaired) electrons. The van der Waals surface area contributed by atoms with Crippen LogP contribution < -0.4 is 0 Å². The van der Waals surface area contributed by atoms with Gasteiger partial charge in [0.25, 0.3) is 0 Å². The van der Waals surface area contributed by atoms with Gasteiger partial charge in [-0.1, -0.05) is 0 Å². The van der Waals surface area contributed by atoms with Gasteiger partial charge < -0.3 is 10.0 Å². The molecule has 2 unspecified atom stereocenters. The maximum atomic E-state index is 11.9. The number of hydrogen-bond acceptors (Lipinski definition) is 4. The third-order valence-corrected chi connectivity index (χ3v) is 4.71. The first-order valence-electron chi connectivity index (χ1n) is 6.91. The lowest BCUT2D eigenvalue weighted by Crippen LogP contribution is -2.53. The highest BCUT2D eigenvalue weighted by Crippen LogP contribution is 2.25. The Morgan fingerprint density at radius 2 is 2.00 bits per heavy atom. The van der Waals surface area contributed by atoms with E-state index in [0.29, 0.717) is 12.5 Å². The molecule has 1 aliphatic heterocycles. The van der Waals surface area contributed by atoms with Crippen LogP contribution in [0.4, 0.5) is 0 Å². The minimum atomic E-state index is -0.149. The molecular formula is C13H24N2O2S. The Labute approximate surface area is 114 Å². The van der Waals surface area contributed by atoms with Gasteiger partial charge in [-0.25, -0.2) is 0 Å². The zero-order valence-electron chi connectivity index (χ0n) is 11.2. The summed E-state index contributed by atoms with van der Waals surface area (Å²) in [6.45, 7) is 3.51. The normalized spacial score (nSPS) is 29.8. The molecule has 104 valence electrons. The number of piperazine rings is 1. The first kappa shape index (κ1) is 14.2. The van der Waals surface area contributed by atoms with Gasteiger partial charge in [0, 0.05) is 44.4 Å². The Morgan fingerprint density at radius 1 is 1.28 bits per heavy atom. The van der Waals surface area contributed by atoms with Crippen molar-refractivity contribution in [1.29, 1.82) is 0 Å².